The summed E-state index contributed by atoms with van der Waals surface area (Å²) < 4.78 is 13.6. The van der Waals surface area contributed by atoms with Crippen LogP contribution in [-0.2, 0) is 9.47 Å². The zero-order chi connectivity index (χ0) is 28.9. The van der Waals surface area contributed by atoms with Crippen LogP contribution in [0.3, 0.4) is 0 Å². The summed E-state index contributed by atoms with van der Waals surface area (Å²) in [6.07, 6.45) is 7.52. The van der Waals surface area contributed by atoms with Gasteiger partial charge in [-0.2, -0.15) is 10.4 Å². The first-order chi connectivity index (χ1) is 19.6. The van der Waals surface area contributed by atoms with Crippen molar-refractivity contribution in [2.24, 2.45) is 5.41 Å². The van der Waals surface area contributed by atoms with Crippen LogP contribution in [0.25, 0.3) is 22.2 Å². The van der Waals surface area contributed by atoms with Gasteiger partial charge in [-0.15, -0.1) is 0 Å². The molecule has 11 heteroatoms. The number of likely N-dealkylation sites (tertiary alicyclic amines) is 1. The number of aromatic nitrogens is 4. The maximum Gasteiger partial charge on any atom is 0.410 e. The highest BCUT2D eigenvalue weighted by atomic mass is 32.2. The first-order valence-corrected chi connectivity index (χ1v) is 15.5. The van der Waals surface area contributed by atoms with Gasteiger partial charge in [0.1, 0.15) is 17.2 Å². The van der Waals surface area contributed by atoms with Gasteiger partial charge in [0.15, 0.2) is 17.2 Å². The van der Waals surface area contributed by atoms with Gasteiger partial charge in [0, 0.05) is 49.2 Å². The topological polar surface area (TPSA) is 109 Å². The van der Waals surface area contributed by atoms with E-state index in [0.29, 0.717) is 35.3 Å². The highest BCUT2D eigenvalue weighted by Gasteiger charge is 2.51. The van der Waals surface area contributed by atoms with E-state index in [0.717, 1.165) is 67.4 Å². The molecule has 1 amide bonds. The Hall–Kier alpha value is -3.36. The fraction of sp³-hybridized carbons (Fsp3) is 0.567. The summed E-state index contributed by atoms with van der Waals surface area (Å²) in [4.78, 5) is 26.3. The van der Waals surface area contributed by atoms with Gasteiger partial charge in [-0.3, -0.25) is 0 Å². The largest absolute Gasteiger partial charge is 0.444 e. The van der Waals surface area contributed by atoms with Crippen LogP contribution in [0.4, 0.5) is 10.6 Å². The lowest BCUT2D eigenvalue weighted by molar-refractivity contribution is -0.0366. The lowest BCUT2D eigenvalue weighted by atomic mass is 9.79. The van der Waals surface area contributed by atoms with Gasteiger partial charge in [0.25, 0.3) is 0 Å². The van der Waals surface area contributed by atoms with E-state index in [4.69, 9.17) is 24.5 Å². The van der Waals surface area contributed by atoms with E-state index in [1.54, 1.807) is 4.90 Å². The predicted molar refractivity (Wildman–Crippen MR) is 158 cm³/mol. The minimum atomic E-state index is -0.518. The molecule has 0 N–H and O–H groups in total. The van der Waals surface area contributed by atoms with E-state index < -0.39 is 5.60 Å². The Labute approximate surface area is 245 Å². The van der Waals surface area contributed by atoms with E-state index >= 15 is 0 Å². The molecular formula is C30H37N7O3S. The average molecular weight is 576 g/mol. The summed E-state index contributed by atoms with van der Waals surface area (Å²) in [6, 6.07) is 6.61. The van der Waals surface area contributed by atoms with Crippen LogP contribution in [0.1, 0.15) is 63.8 Å². The Morgan fingerprint density at radius 2 is 2.02 bits per heavy atom. The Morgan fingerprint density at radius 3 is 2.71 bits per heavy atom. The average Bonchev–Trinajstić information content (AvgIpc) is 3.56. The van der Waals surface area contributed by atoms with E-state index in [2.05, 4.69) is 30.0 Å². The standard InChI is InChI=1S/C30H37N7O3S/c1-19-9-10-22-21(15-32-37(22)23-8-6-7-13-39-23)24(19)25-20(14-31)26(34-27(33-25)41-5)35-12-11-30(16-35)17-36(18-30)28(38)40-29(2,3)4/h9-10,15,23H,6-8,11-13,16-18H2,1-5H3. The molecule has 0 bridgehead atoms. The van der Waals surface area contributed by atoms with Crippen LogP contribution in [0.2, 0.25) is 0 Å². The number of ether oxygens (including phenoxy) is 2. The van der Waals surface area contributed by atoms with Gasteiger partial charge >= 0.3 is 6.09 Å². The molecule has 1 spiro atoms. The molecule has 0 aliphatic carbocycles. The highest BCUT2D eigenvalue weighted by Crippen LogP contribution is 2.44. The van der Waals surface area contributed by atoms with Crippen molar-refractivity contribution in [2.75, 3.05) is 43.9 Å². The third kappa shape index (κ3) is 5.12. The van der Waals surface area contributed by atoms with E-state index in [-0.39, 0.29) is 17.7 Å². The number of carbonyl (C=O) groups excluding carboxylic acids is 1. The quantitative estimate of drug-likeness (QED) is 0.292. The molecule has 10 nitrogen and oxygen atoms in total. The molecule has 0 radical (unpaired) electrons. The zero-order valence-electron chi connectivity index (χ0n) is 24.4. The number of hydrogen-bond acceptors (Lipinski definition) is 9. The summed E-state index contributed by atoms with van der Waals surface area (Å²) in [6.45, 7) is 11.2. The third-order valence-corrected chi connectivity index (χ3v) is 8.81. The predicted octanol–water partition coefficient (Wildman–Crippen LogP) is 5.54. The number of carbonyl (C=O) groups is 1. The monoisotopic (exact) mass is 575 g/mol. The Bertz CT molecular complexity index is 1530. The molecule has 3 fully saturated rings. The summed E-state index contributed by atoms with van der Waals surface area (Å²) in [5, 5.41) is 16.8. The molecule has 216 valence electrons. The van der Waals surface area contributed by atoms with Crippen molar-refractivity contribution in [1.29, 1.82) is 5.26 Å². The maximum atomic E-state index is 12.6. The summed E-state index contributed by atoms with van der Waals surface area (Å²) >= 11 is 1.47. The zero-order valence-corrected chi connectivity index (χ0v) is 25.3. The summed E-state index contributed by atoms with van der Waals surface area (Å²) in [5.41, 5.74) is 3.48. The number of nitrogens with zero attached hydrogens (tertiary/aromatic N) is 7. The fourth-order valence-corrected chi connectivity index (χ4v) is 6.68. The number of rotatable bonds is 4. The molecule has 0 saturated carbocycles. The van der Waals surface area contributed by atoms with Gasteiger partial charge < -0.3 is 19.3 Å². The van der Waals surface area contributed by atoms with Crippen LogP contribution in [0.15, 0.2) is 23.5 Å². The molecule has 2 aromatic heterocycles. The normalized spacial score (nSPS) is 20.3. The third-order valence-electron chi connectivity index (χ3n) is 8.26. The summed E-state index contributed by atoms with van der Waals surface area (Å²) in [5.74, 6) is 0.661. The van der Waals surface area contributed by atoms with Crippen LogP contribution in [0, 0.1) is 23.7 Å². The number of hydrogen-bond donors (Lipinski definition) is 0. The van der Waals surface area contributed by atoms with Gasteiger partial charge in [-0.1, -0.05) is 17.8 Å². The fourth-order valence-electron chi connectivity index (χ4n) is 6.32. The van der Waals surface area contributed by atoms with Crippen LogP contribution >= 0.6 is 11.8 Å². The van der Waals surface area contributed by atoms with Crippen molar-refractivity contribution in [3.05, 3.63) is 29.5 Å². The first-order valence-electron chi connectivity index (χ1n) is 14.3. The second-order valence-corrected chi connectivity index (χ2v) is 13.3. The van der Waals surface area contributed by atoms with Gasteiger partial charge in [-0.25, -0.2) is 19.4 Å². The molecule has 1 unspecified atom stereocenters. The number of benzene rings is 1. The van der Waals surface area contributed by atoms with Crippen molar-refractivity contribution in [2.45, 2.75) is 70.4 Å². The lowest BCUT2D eigenvalue weighted by Gasteiger charge is -2.47. The first kappa shape index (κ1) is 27.8. The van der Waals surface area contributed by atoms with Crippen molar-refractivity contribution in [1.82, 2.24) is 24.6 Å². The number of fused-ring (bicyclic) bond motifs is 1. The Kier molecular flexibility index (Phi) is 7.10. The van der Waals surface area contributed by atoms with Crippen LogP contribution in [0.5, 0.6) is 0 Å². The molecule has 3 aliphatic heterocycles. The van der Waals surface area contributed by atoms with Crippen molar-refractivity contribution >= 4 is 34.6 Å². The molecular weight excluding hydrogens is 538 g/mol. The maximum absolute atomic E-state index is 12.6. The molecule has 3 aliphatic rings. The molecule has 41 heavy (non-hydrogen) atoms. The molecule has 3 saturated heterocycles. The van der Waals surface area contributed by atoms with Gasteiger partial charge in [-0.05, 0) is 71.3 Å². The minimum absolute atomic E-state index is 0.0225. The van der Waals surface area contributed by atoms with E-state index in [9.17, 15) is 10.1 Å². The van der Waals surface area contributed by atoms with Crippen molar-refractivity contribution in [3.63, 3.8) is 0 Å². The van der Waals surface area contributed by atoms with Gasteiger partial charge in [0.2, 0.25) is 0 Å². The molecule has 5 heterocycles. The molecule has 3 aromatic rings. The van der Waals surface area contributed by atoms with E-state index in [1.165, 1.54) is 11.8 Å². The highest BCUT2D eigenvalue weighted by molar-refractivity contribution is 7.98. The summed E-state index contributed by atoms with van der Waals surface area (Å²) in [7, 11) is 0. The lowest BCUT2D eigenvalue weighted by Crippen LogP contribution is -2.60. The van der Waals surface area contributed by atoms with Crippen molar-refractivity contribution in [3.8, 4) is 17.3 Å². The molecule has 1 aromatic carbocycles. The minimum Gasteiger partial charge on any atom is -0.444 e. The number of aryl methyl sites for hydroxylation is 1. The van der Waals surface area contributed by atoms with Crippen molar-refractivity contribution < 1.29 is 14.3 Å². The second-order valence-electron chi connectivity index (χ2n) is 12.5. The smallest absolute Gasteiger partial charge is 0.410 e. The number of anilines is 1. The van der Waals surface area contributed by atoms with E-state index in [1.807, 2.05) is 37.9 Å². The number of nitriles is 1. The second kappa shape index (κ2) is 10.5. The van der Waals surface area contributed by atoms with Crippen LogP contribution in [-0.4, -0.2) is 75.4 Å². The number of amides is 1. The SMILES string of the molecule is CSc1nc(-c2c(C)ccc3c2cnn3C2CCCCO2)c(C#N)c(N2CCC3(CN(C(=O)OC(C)(C)C)C3)C2)n1. The molecule has 6 rings (SSSR count). The number of thioether (sulfide) groups is 1. The Morgan fingerprint density at radius 1 is 1.22 bits per heavy atom. The van der Waals surface area contributed by atoms with Crippen LogP contribution < -0.4 is 4.90 Å². The Balaban J connectivity index is 1.34. The van der Waals surface area contributed by atoms with Gasteiger partial charge in [0.05, 0.1) is 17.4 Å². The molecule has 1 atom stereocenters.